The Bertz CT molecular complexity index is 1000. The Hall–Kier alpha value is -2.52. The number of rotatable bonds is 8. The summed E-state index contributed by atoms with van der Waals surface area (Å²) in [7, 11) is 3.96. The van der Waals surface area contributed by atoms with Crippen LogP contribution >= 0.6 is 24.0 Å². The molecule has 4 rings (SSSR count). The summed E-state index contributed by atoms with van der Waals surface area (Å²) in [4.78, 5) is 9.20. The molecule has 7 heteroatoms. The maximum Gasteiger partial charge on any atom is 0.191 e. The zero-order valence-electron chi connectivity index (χ0n) is 20.1. The van der Waals surface area contributed by atoms with E-state index < -0.39 is 0 Å². The molecule has 0 radical (unpaired) electrons. The second-order valence-corrected chi connectivity index (χ2v) is 8.69. The van der Waals surface area contributed by atoms with Gasteiger partial charge in [-0.2, -0.15) is 0 Å². The van der Waals surface area contributed by atoms with Crippen LogP contribution in [0.15, 0.2) is 82.4 Å². The Kier molecular flexibility index (Phi) is 10.3. The third-order valence-corrected chi connectivity index (χ3v) is 6.19. The van der Waals surface area contributed by atoms with Crippen molar-refractivity contribution in [3.8, 4) is 0 Å². The van der Waals surface area contributed by atoms with Gasteiger partial charge in [-0.25, -0.2) is 0 Å². The first-order valence-electron chi connectivity index (χ1n) is 11.8. The number of nitrogens with one attached hydrogen (secondary N) is 2. The van der Waals surface area contributed by atoms with Gasteiger partial charge in [0.25, 0.3) is 0 Å². The lowest BCUT2D eigenvalue weighted by Crippen LogP contribution is -2.48. The molecule has 34 heavy (non-hydrogen) atoms. The summed E-state index contributed by atoms with van der Waals surface area (Å²) in [6, 6.07) is 23.7. The molecular formula is C27H36IN5O. The fourth-order valence-corrected chi connectivity index (χ4v) is 4.39. The molecule has 2 aromatic carbocycles. The predicted octanol–water partition coefficient (Wildman–Crippen LogP) is 4.86. The molecule has 182 valence electrons. The minimum absolute atomic E-state index is 0. The van der Waals surface area contributed by atoms with Crippen LogP contribution in [0.1, 0.15) is 29.7 Å². The van der Waals surface area contributed by atoms with E-state index in [2.05, 4.69) is 87.1 Å². The summed E-state index contributed by atoms with van der Waals surface area (Å²) in [6.45, 7) is 4.52. The third-order valence-electron chi connectivity index (χ3n) is 6.19. The zero-order valence-corrected chi connectivity index (χ0v) is 22.4. The molecule has 0 aliphatic carbocycles. The first-order valence-corrected chi connectivity index (χ1v) is 11.8. The summed E-state index contributed by atoms with van der Waals surface area (Å²) in [5.41, 5.74) is 3.91. The van der Waals surface area contributed by atoms with E-state index in [1.54, 1.807) is 6.26 Å². The number of anilines is 1. The van der Waals surface area contributed by atoms with Gasteiger partial charge in [0, 0.05) is 45.0 Å². The van der Waals surface area contributed by atoms with Crippen molar-refractivity contribution in [1.29, 1.82) is 0 Å². The summed E-state index contributed by atoms with van der Waals surface area (Å²) < 4.78 is 5.49. The molecule has 0 spiro atoms. The van der Waals surface area contributed by atoms with Gasteiger partial charge in [0.2, 0.25) is 0 Å². The molecule has 3 aromatic rings. The topological polar surface area (TPSA) is 56.0 Å². The first kappa shape index (κ1) is 26.1. The molecule has 1 saturated heterocycles. The monoisotopic (exact) mass is 573 g/mol. The summed E-state index contributed by atoms with van der Waals surface area (Å²) >= 11 is 0. The number of piperidine rings is 1. The van der Waals surface area contributed by atoms with E-state index in [9.17, 15) is 0 Å². The molecule has 0 unspecified atom stereocenters. The van der Waals surface area contributed by atoms with E-state index in [0.717, 1.165) is 57.3 Å². The summed E-state index contributed by atoms with van der Waals surface area (Å²) in [5.74, 6) is 1.85. The lowest BCUT2D eigenvalue weighted by molar-refractivity contribution is 0.287. The average Bonchev–Trinajstić information content (AvgIpc) is 3.36. The van der Waals surface area contributed by atoms with Gasteiger partial charge in [-0.1, -0.05) is 42.5 Å². The number of halogens is 1. The number of benzene rings is 2. The van der Waals surface area contributed by atoms with Crippen molar-refractivity contribution in [1.82, 2.24) is 15.5 Å². The standard InChI is InChI=1S/C27H35N5O.HI/c1-28-27(30-24-14-16-32(17-15-24)25-11-4-3-5-12-25)29-19-22-9-6-7-10-23(22)20-31(2)21-26-13-8-18-33-26;/h3-13,18,24H,14-17,19-21H2,1-2H3,(H2,28,29,30);1H. The fraction of sp³-hybridized carbons (Fsp3) is 0.370. The van der Waals surface area contributed by atoms with Gasteiger partial charge in [-0.3, -0.25) is 9.89 Å². The van der Waals surface area contributed by atoms with Crippen LogP contribution in [0.4, 0.5) is 5.69 Å². The Morgan fingerprint density at radius 3 is 2.35 bits per heavy atom. The van der Waals surface area contributed by atoms with Crippen LogP contribution in [0.5, 0.6) is 0 Å². The Morgan fingerprint density at radius 1 is 0.971 bits per heavy atom. The average molecular weight is 574 g/mol. The van der Waals surface area contributed by atoms with Crippen LogP contribution in [0.25, 0.3) is 0 Å². The van der Waals surface area contributed by atoms with Crippen LogP contribution < -0.4 is 15.5 Å². The molecule has 0 bridgehead atoms. The molecule has 1 aromatic heterocycles. The van der Waals surface area contributed by atoms with E-state index in [1.807, 2.05) is 19.2 Å². The lowest BCUT2D eigenvalue weighted by atomic mass is 10.0. The van der Waals surface area contributed by atoms with Gasteiger partial charge in [0.1, 0.15) is 5.76 Å². The zero-order chi connectivity index (χ0) is 22.9. The molecule has 1 aliphatic rings. The van der Waals surface area contributed by atoms with Crippen LogP contribution in [0, 0.1) is 0 Å². The minimum atomic E-state index is 0. The maximum absolute atomic E-state index is 5.49. The van der Waals surface area contributed by atoms with Crippen molar-refractivity contribution >= 4 is 35.6 Å². The largest absolute Gasteiger partial charge is 0.468 e. The molecule has 1 fully saturated rings. The highest BCUT2D eigenvalue weighted by atomic mass is 127. The van der Waals surface area contributed by atoms with Gasteiger partial charge in [0.05, 0.1) is 12.8 Å². The van der Waals surface area contributed by atoms with Gasteiger partial charge >= 0.3 is 0 Å². The highest BCUT2D eigenvalue weighted by Gasteiger charge is 2.20. The second-order valence-electron chi connectivity index (χ2n) is 8.69. The van der Waals surface area contributed by atoms with Crippen molar-refractivity contribution in [2.75, 3.05) is 32.1 Å². The Labute approximate surface area is 220 Å². The molecular weight excluding hydrogens is 537 g/mol. The van der Waals surface area contributed by atoms with Crippen molar-refractivity contribution < 1.29 is 4.42 Å². The number of hydrogen-bond donors (Lipinski definition) is 2. The van der Waals surface area contributed by atoms with Crippen molar-refractivity contribution in [2.45, 2.75) is 38.5 Å². The molecule has 1 aliphatic heterocycles. The number of para-hydroxylation sites is 1. The minimum Gasteiger partial charge on any atom is -0.468 e. The van der Waals surface area contributed by atoms with Crippen LogP contribution in [-0.4, -0.2) is 44.1 Å². The van der Waals surface area contributed by atoms with Crippen molar-refractivity contribution in [3.63, 3.8) is 0 Å². The third kappa shape index (κ3) is 7.50. The van der Waals surface area contributed by atoms with Gasteiger partial charge in [-0.15, -0.1) is 24.0 Å². The van der Waals surface area contributed by atoms with Crippen molar-refractivity contribution in [3.05, 3.63) is 89.9 Å². The normalized spacial score (nSPS) is 14.7. The second kappa shape index (κ2) is 13.4. The number of hydrogen-bond acceptors (Lipinski definition) is 4. The number of aliphatic imine (C=N–C) groups is 1. The quantitative estimate of drug-likeness (QED) is 0.229. The predicted molar refractivity (Wildman–Crippen MR) is 151 cm³/mol. The Morgan fingerprint density at radius 2 is 1.68 bits per heavy atom. The van der Waals surface area contributed by atoms with Crippen LogP contribution in [0.2, 0.25) is 0 Å². The van der Waals surface area contributed by atoms with Crippen LogP contribution in [0.3, 0.4) is 0 Å². The molecule has 6 nitrogen and oxygen atoms in total. The van der Waals surface area contributed by atoms with Crippen LogP contribution in [-0.2, 0) is 19.6 Å². The van der Waals surface area contributed by atoms with Crippen molar-refractivity contribution in [2.24, 2.45) is 4.99 Å². The maximum atomic E-state index is 5.49. The fourth-order valence-electron chi connectivity index (χ4n) is 4.39. The van der Waals surface area contributed by atoms with E-state index in [1.165, 1.54) is 16.8 Å². The van der Waals surface area contributed by atoms with E-state index in [0.29, 0.717) is 6.04 Å². The first-order chi connectivity index (χ1) is 16.2. The number of nitrogens with zero attached hydrogens (tertiary/aromatic N) is 3. The van der Waals surface area contributed by atoms with E-state index in [4.69, 9.17) is 4.42 Å². The highest BCUT2D eigenvalue weighted by molar-refractivity contribution is 14.0. The SMILES string of the molecule is CN=C(NCc1ccccc1CN(C)Cc1ccco1)NC1CCN(c2ccccc2)CC1.I. The highest BCUT2D eigenvalue weighted by Crippen LogP contribution is 2.19. The summed E-state index contributed by atoms with van der Waals surface area (Å²) in [6.07, 6.45) is 3.93. The van der Waals surface area contributed by atoms with E-state index >= 15 is 0 Å². The molecule has 0 atom stereocenters. The molecule has 0 amide bonds. The van der Waals surface area contributed by atoms with Gasteiger partial charge in [0.15, 0.2) is 5.96 Å². The van der Waals surface area contributed by atoms with E-state index in [-0.39, 0.29) is 24.0 Å². The lowest BCUT2D eigenvalue weighted by Gasteiger charge is -2.34. The smallest absolute Gasteiger partial charge is 0.191 e. The molecule has 2 heterocycles. The Balaban J connectivity index is 0.00000324. The number of guanidine groups is 1. The number of furan rings is 1. The van der Waals surface area contributed by atoms with Gasteiger partial charge < -0.3 is 20.0 Å². The molecule has 2 N–H and O–H groups in total. The van der Waals surface area contributed by atoms with Gasteiger partial charge in [-0.05, 0) is 55.3 Å². The molecule has 0 saturated carbocycles. The summed E-state index contributed by atoms with van der Waals surface area (Å²) in [5, 5.41) is 7.15.